The van der Waals surface area contributed by atoms with Gasteiger partial charge < -0.3 is 9.64 Å². The van der Waals surface area contributed by atoms with Crippen LogP contribution in [0.15, 0.2) is 0 Å². The first-order valence-corrected chi connectivity index (χ1v) is 7.48. The summed E-state index contributed by atoms with van der Waals surface area (Å²) in [6.07, 6.45) is 4.99. The number of methoxy groups -OCH3 is 1. The Kier molecular flexibility index (Phi) is 10.8. The molecule has 0 radical (unpaired) electrons. The molecular formula is C15H31N3O. The van der Waals surface area contributed by atoms with Gasteiger partial charge in [-0.1, -0.05) is 13.8 Å². The smallest absolute Gasteiger partial charge is 0.106 e. The number of nitrogens with zero attached hydrogens (tertiary/aromatic N) is 2. The Labute approximate surface area is 119 Å². The summed E-state index contributed by atoms with van der Waals surface area (Å²) in [7, 11) is 3.87. The lowest BCUT2D eigenvalue weighted by Gasteiger charge is -2.27. The molecule has 1 N–H and O–H groups in total. The maximum atomic E-state index is 9.40. The molecule has 0 spiro atoms. The van der Waals surface area contributed by atoms with Crippen LogP contribution in [-0.2, 0) is 4.74 Å². The van der Waals surface area contributed by atoms with Crippen LogP contribution in [0.4, 0.5) is 0 Å². The predicted octanol–water partition coefficient (Wildman–Crippen LogP) is 2.41. The molecule has 4 nitrogen and oxygen atoms in total. The number of hydrogen-bond donors (Lipinski definition) is 1. The average molecular weight is 269 g/mol. The highest BCUT2D eigenvalue weighted by molar-refractivity contribution is 5.06. The van der Waals surface area contributed by atoms with E-state index in [0.717, 1.165) is 58.3 Å². The zero-order valence-corrected chi connectivity index (χ0v) is 13.2. The van der Waals surface area contributed by atoms with Gasteiger partial charge in [0, 0.05) is 20.3 Å². The molecule has 0 aliphatic rings. The summed E-state index contributed by atoms with van der Waals surface area (Å²) in [5.74, 6) is 0. The highest BCUT2D eigenvalue weighted by Crippen LogP contribution is 2.17. The van der Waals surface area contributed by atoms with Gasteiger partial charge in [-0.3, -0.25) is 5.32 Å². The van der Waals surface area contributed by atoms with Crippen molar-refractivity contribution < 1.29 is 4.74 Å². The van der Waals surface area contributed by atoms with Gasteiger partial charge in [0.05, 0.1) is 6.07 Å². The number of ether oxygens (including phenoxy) is 1. The van der Waals surface area contributed by atoms with E-state index in [1.54, 1.807) is 7.11 Å². The van der Waals surface area contributed by atoms with Crippen LogP contribution < -0.4 is 5.32 Å². The molecule has 0 fully saturated rings. The Hall–Kier alpha value is -0.630. The van der Waals surface area contributed by atoms with Crippen molar-refractivity contribution in [1.82, 2.24) is 10.2 Å². The van der Waals surface area contributed by atoms with E-state index in [9.17, 15) is 5.26 Å². The van der Waals surface area contributed by atoms with Crippen molar-refractivity contribution >= 4 is 0 Å². The maximum absolute atomic E-state index is 9.40. The zero-order chi connectivity index (χ0) is 14.6. The van der Waals surface area contributed by atoms with Crippen LogP contribution in [0, 0.1) is 11.3 Å². The normalized spacial score (nSPS) is 14.3. The van der Waals surface area contributed by atoms with Crippen LogP contribution in [0.3, 0.4) is 0 Å². The standard InChI is InChI=1S/C15H31N3O/c1-5-10-17-15(6-2,14-16)9-7-11-18(3)12-8-13-19-4/h17H,5-13H2,1-4H3. The summed E-state index contributed by atoms with van der Waals surface area (Å²) in [6.45, 7) is 8.07. The lowest BCUT2D eigenvalue weighted by molar-refractivity contribution is 0.178. The number of rotatable bonds is 12. The van der Waals surface area contributed by atoms with E-state index in [-0.39, 0.29) is 5.54 Å². The minimum atomic E-state index is -0.330. The van der Waals surface area contributed by atoms with Crippen molar-refractivity contribution in [3.05, 3.63) is 0 Å². The Morgan fingerprint density at radius 2 is 1.95 bits per heavy atom. The zero-order valence-electron chi connectivity index (χ0n) is 13.2. The Balaban J connectivity index is 3.95. The SMILES string of the molecule is CCCNC(C#N)(CC)CCCN(C)CCCOC. The summed E-state index contributed by atoms with van der Waals surface area (Å²) in [5, 5.41) is 12.8. The lowest BCUT2D eigenvalue weighted by Crippen LogP contribution is -2.44. The van der Waals surface area contributed by atoms with Crippen molar-refractivity contribution in [1.29, 1.82) is 5.26 Å². The lowest BCUT2D eigenvalue weighted by atomic mass is 9.91. The quantitative estimate of drug-likeness (QED) is 0.553. The molecule has 112 valence electrons. The third kappa shape index (κ3) is 8.20. The van der Waals surface area contributed by atoms with Gasteiger partial charge in [0.1, 0.15) is 5.54 Å². The molecule has 0 aliphatic heterocycles. The van der Waals surface area contributed by atoms with Gasteiger partial charge in [0.25, 0.3) is 0 Å². The van der Waals surface area contributed by atoms with Gasteiger partial charge in [-0.25, -0.2) is 0 Å². The van der Waals surface area contributed by atoms with E-state index in [2.05, 4.69) is 37.2 Å². The van der Waals surface area contributed by atoms with Gasteiger partial charge >= 0.3 is 0 Å². The topological polar surface area (TPSA) is 48.3 Å². The largest absolute Gasteiger partial charge is 0.385 e. The van der Waals surface area contributed by atoms with E-state index < -0.39 is 0 Å². The second-order valence-electron chi connectivity index (χ2n) is 5.23. The van der Waals surface area contributed by atoms with E-state index in [0.29, 0.717) is 0 Å². The Morgan fingerprint density at radius 1 is 1.26 bits per heavy atom. The highest BCUT2D eigenvalue weighted by atomic mass is 16.5. The summed E-state index contributed by atoms with van der Waals surface area (Å²) in [4.78, 5) is 2.32. The van der Waals surface area contributed by atoms with Crippen LogP contribution >= 0.6 is 0 Å². The molecule has 0 aliphatic carbocycles. The molecule has 0 aromatic carbocycles. The molecule has 0 saturated heterocycles. The van der Waals surface area contributed by atoms with Crippen LogP contribution in [0.1, 0.15) is 46.0 Å². The minimum absolute atomic E-state index is 0.330. The van der Waals surface area contributed by atoms with Crippen molar-refractivity contribution in [3.63, 3.8) is 0 Å². The summed E-state index contributed by atoms with van der Waals surface area (Å²) in [5.41, 5.74) is -0.330. The van der Waals surface area contributed by atoms with Gasteiger partial charge in [-0.2, -0.15) is 5.26 Å². The number of nitriles is 1. The van der Waals surface area contributed by atoms with E-state index in [1.807, 2.05) is 0 Å². The van der Waals surface area contributed by atoms with Gasteiger partial charge in [-0.05, 0) is 52.2 Å². The van der Waals surface area contributed by atoms with E-state index >= 15 is 0 Å². The first kappa shape index (κ1) is 18.4. The van der Waals surface area contributed by atoms with Gasteiger partial charge in [0.15, 0.2) is 0 Å². The molecule has 0 bridgehead atoms. The molecule has 0 aromatic rings. The summed E-state index contributed by atoms with van der Waals surface area (Å²) >= 11 is 0. The Morgan fingerprint density at radius 3 is 2.47 bits per heavy atom. The third-order valence-electron chi connectivity index (χ3n) is 3.56. The van der Waals surface area contributed by atoms with Crippen molar-refractivity contribution in [3.8, 4) is 6.07 Å². The molecule has 0 rings (SSSR count). The van der Waals surface area contributed by atoms with Crippen molar-refractivity contribution in [2.75, 3.05) is 40.4 Å². The fraction of sp³-hybridized carbons (Fsp3) is 0.933. The first-order chi connectivity index (χ1) is 9.14. The average Bonchev–Trinajstić information content (AvgIpc) is 2.43. The number of nitrogens with one attached hydrogen (secondary N) is 1. The van der Waals surface area contributed by atoms with Crippen molar-refractivity contribution in [2.24, 2.45) is 0 Å². The Bertz CT molecular complexity index is 252. The van der Waals surface area contributed by atoms with Crippen LogP contribution in [0.2, 0.25) is 0 Å². The second kappa shape index (κ2) is 11.2. The fourth-order valence-electron chi connectivity index (χ4n) is 2.17. The molecule has 19 heavy (non-hydrogen) atoms. The molecule has 0 heterocycles. The maximum Gasteiger partial charge on any atom is 0.106 e. The summed E-state index contributed by atoms with van der Waals surface area (Å²) in [6, 6.07) is 2.48. The molecule has 0 saturated carbocycles. The van der Waals surface area contributed by atoms with Gasteiger partial charge in [0.2, 0.25) is 0 Å². The van der Waals surface area contributed by atoms with Crippen LogP contribution in [0.25, 0.3) is 0 Å². The van der Waals surface area contributed by atoms with Gasteiger partial charge in [-0.15, -0.1) is 0 Å². The number of hydrogen-bond acceptors (Lipinski definition) is 4. The summed E-state index contributed by atoms with van der Waals surface area (Å²) < 4.78 is 5.05. The third-order valence-corrected chi connectivity index (χ3v) is 3.56. The molecular weight excluding hydrogens is 238 g/mol. The highest BCUT2D eigenvalue weighted by Gasteiger charge is 2.26. The van der Waals surface area contributed by atoms with E-state index in [1.165, 1.54) is 0 Å². The molecule has 0 aromatic heterocycles. The fourth-order valence-corrected chi connectivity index (χ4v) is 2.17. The molecule has 0 amide bonds. The molecule has 1 atom stereocenters. The van der Waals surface area contributed by atoms with E-state index in [4.69, 9.17) is 4.74 Å². The molecule has 4 heteroatoms. The monoisotopic (exact) mass is 269 g/mol. The predicted molar refractivity (Wildman–Crippen MR) is 80.2 cm³/mol. The van der Waals surface area contributed by atoms with Crippen LogP contribution in [-0.4, -0.2) is 50.8 Å². The molecule has 1 unspecified atom stereocenters. The van der Waals surface area contributed by atoms with Crippen molar-refractivity contribution in [2.45, 2.75) is 51.5 Å². The first-order valence-electron chi connectivity index (χ1n) is 7.48. The van der Waals surface area contributed by atoms with Crippen LogP contribution in [0.5, 0.6) is 0 Å². The second-order valence-corrected chi connectivity index (χ2v) is 5.23. The minimum Gasteiger partial charge on any atom is -0.385 e.